The van der Waals surface area contributed by atoms with Gasteiger partial charge in [0, 0.05) is 12.0 Å². The second-order valence-electron chi connectivity index (χ2n) is 8.80. The van der Waals surface area contributed by atoms with Gasteiger partial charge in [0.15, 0.2) is 6.61 Å². The van der Waals surface area contributed by atoms with Crippen molar-refractivity contribution in [1.29, 1.82) is 0 Å². The number of carboxylic acid groups (broad SMARTS) is 1. The van der Waals surface area contributed by atoms with Crippen molar-refractivity contribution < 1.29 is 24.0 Å². The molecule has 4 aromatic rings. The molecule has 1 N–H and O–H groups in total. The quantitative estimate of drug-likeness (QED) is 0.108. The number of oxime groups is 1. The van der Waals surface area contributed by atoms with Crippen molar-refractivity contribution in [2.24, 2.45) is 5.16 Å². The number of hydrogen-bond donors (Lipinski definition) is 1. The molecule has 1 aromatic heterocycles. The molecule has 8 nitrogen and oxygen atoms in total. The monoisotopic (exact) mass is 513 g/mol. The Labute approximate surface area is 221 Å². The number of rotatable bonds is 15. The van der Waals surface area contributed by atoms with E-state index < -0.39 is 5.97 Å². The van der Waals surface area contributed by atoms with Gasteiger partial charge in [-0.3, -0.25) is 4.79 Å². The van der Waals surface area contributed by atoms with Crippen molar-refractivity contribution in [3.8, 4) is 17.2 Å². The number of carboxylic acids is 1. The maximum Gasteiger partial charge on any atom is 0.303 e. The smallest absolute Gasteiger partial charge is 0.303 e. The van der Waals surface area contributed by atoms with Crippen molar-refractivity contribution in [1.82, 2.24) is 10.1 Å². The topological polar surface area (TPSA) is 107 Å². The van der Waals surface area contributed by atoms with Crippen molar-refractivity contribution in [3.05, 3.63) is 102 Å². The minimum atomic E-state index is -0.742. The van der Waals surface area contributed by atoms with Crippen molar-refractivity contribution in [3.63, 3.8) is 0 Å². The summed E-state index contributed by atoms with van der Waals surface area (Å²) in [6.45, 7) is 0.535. The first-order valence-electron chi connectivity index (χ1n) is 12.7. The summed E-state index contributed by atoms with van der Waals surface area (Å²) in [4.78, 5) is 20.7. The van der Waals surface area contributed by atoms with Gasteiger partial charge in [-0.15, -0.1) is 0 Å². The summed E-state index contributed by atoms with van der Waals surface area (Å²) < 4.78 is 11.1. The van der Waals surface area contributed by atoms with Gasteiger partial charge in [0.1, 0.15) is 12.4 Å². The number of unbranched alkanes of at least 4 members (excludes halogenated alkanes) is 3. The van der Waals surface area contributed by atoms with E-state index in [0.717, 1.165) is 48.1 Å². The fourth-order valence-electron chi connectivity index (χ4n) is 3.82. The van der Waals surface area contributed by atoms with Gasteiger partial charge in [-0.1, -0.05) is 83.8 Å². The van der Waals surface area contributed by atoms with Crippen LogP contribution in [0.4, 0.5) is 0 Å². The van der Waals surface area contributed by atoms with E-state index in [-0.39, 0.29) is 13.0 Å². The standard InChI is InChI=1S/C30H31N3O5/c34-29(35)16-10-2-1-9-15-27(24-11-5-3-6-12-24)32-37-21-23-17-19-26(20-18-23)36-22-28-31-30(38-33-28)25-13-7-4-8-14-25/h3-8,11-14,17-20H,1-2,9-10,15-16,21-22H2,(H,34,35)/b32-27-. The zero-order valence-electron chi connectivity index (χ0n) is 21.2. The maximum atomic E-state index is 10.7. The van der Waals surface area contributed by atoms with Gasteiger partial charge in [0.2, 0.25) is 5.82 Å². The van der Waals surface area contributed by atoms with Gasteiger partial charge in [0.05, 0.1) is 5.71 Å². The molecule has 0 unspecified atom stereocenters. The Balaban J connectivity index is 1.25. The lowest BCUT2D eigenvalue weighted by atomic mass is 10.0. The van der Waals surface area contributed by atoms with Crippen LogP contribution in [0.25, 0.3) is 11.5 Å². The van der Waals surface area contributed by atoms with E-state index in [9.17, 15) is 4.79 Å². The molecule has 0 aliphatic rings. The highest BCUT2D eigenvalue weighted by Gasteiger charge is 2.09. The Morgan fingerprint density at radius 3 is 2.21 bits per heavy atom. The van der Waals surface area contributed by atoms with Crippen LogP contribution >= 0.6 is 0 Å². The molecule has 0 spiro atoms. The third-order valence-corrected chi connectivity index (χ3v) is 5.85. The largest absolute Gasteiger partial charge is 0.485 e. The Morgan fingerprint density at radius 1 is 0.816 bits per heavy atom. The molecule has 0 atom stereocenters. The van der Waals surface area contributed by atoms with Gasteiger partial charge in [-0.2, -0.15) is 4.98 Å². The molecule has 0 saturated carbocycles. The van der Waals surface area contributed by atoms with Crippen LogP contribution in [0.5, 0.6) is 5.75 Å². The van der Waals surface area contributed by atoms with E-state index in [1.807, 2.05) is 84.9 Å². The number of benzene rings is 3. The summed E-state index contributed by atoms with van der Waals surface area (Å²) in [5, 5.41) is 17.2. The summed E-state index contributed by atoms with van der Waals surface area (Å²) in [6, 6.07) is 27.2. The highest BCUT2D eigenvalue weighted by molar-refractivity contribution is 6.00. The molecule has 4 rings (SSSR count). The van der Waals surface area contributed by atoms with Crippen LogP contribution < -0.4 is 4.74 Å². The van der Waals surface area contributed by atoms with Crippen LogP contribution in [0.3, 0.4) is 0 Å². The van der Waals surface area contributed by atoms with Gasteiger partial charge in [-0.25, -0.2) is 0 Å². The third kappa shape index (κ3) is 8.58. The average molecular weight is 514 g/mol. The molecule has 0 amide bonds. The van der Waals surface area contributed by atoms with Crippen LogP contribution in [0.1, 0.15) is 55.5 Å². The molecular formula is C30H31N3O5. The summed E-state index contributed by atoms with van der Waals surface area (Å²) in [6.07, 6.45) is 4.47. The molecule has 38 heavy (non-hydrogen) atoms. The van der Waals surface area contributed by atoms with Crippen LogP contribution in [0.15, 0.2) is 94.6 Å². The maximum absolute atomic E-state index is 10.7. The van der Waals surface area contributed by atoms with Crippen LogP contribution in [0.2, 0.25) is 0 Å². The molecule has 0 fully saturated rings. The molecule has 8 heteroatoms. The third-order valence-electron chi connectivity index (χ3n) is 5.85. The van der Waals surface area contributed by atoms with E-state index in [4.69, 9.17) is 19.2 Å². The van der Waals surface area contributed by atoms with Gasteiger partial charge in [-0.05, 0) is 54.7 Å². The molecule has 0 radical (unpaired) electrons. The molecular weight excluding hydrogens is 482 g/mol. The summed E-state index contributed by atoms with van der Waals surface area (Å²) in [5.41, 5.74) is 3.75. The SMILES string of the molecule is O=C(O)CCCCCC/C(=N/OCc1ccc(OCc2noc(-c3ccccc3)n2)cc1)c1ccccc1. The number of hydrogen-bond acceptors (Lipinski definition) is 7. The Bertz CT molecular complexity index is 1290. The van der Waals surface area contributed by atoms with E-state index >= 15 is 0 Å². The highest BCUT2D eigenvalue weighted by atomic mass is 16.6. The number of carbonyl (C=O) groups is 1. The van der Waals surface area contributed by atoms with Gasteiger partial charge in [0.25, 0.3) is 5.89 Å². The molecule has 0 saturated heterocycles. The number of aromatic nitrogens is 2. The first-order chi connectivity index (χ1) is 18.7. The summed E-state index contributed by atoms with van der Waals surface area (Å²) in [7, 11) is 0. The van der Waals surface area contributed by atoms with Crippen molar-refractivity contribution in [2.45, 2.75) is 51.7 Å². The lowest BCUT2D eigenvalue weighted by Gasteiger charge is -2.08. The zero-order valence-corrected chi connectivity index (χ0v) is 21.2. The minimum absolute atomic E-state index is 0.202. The Kier molecular flexibility index (Phi) is 10.0. The molecule has 196 valence electrons. The fourth-order valence-corrected chi connectivity index (χ4v) is 3.82. The Morgan fingerprint density at radius 2 is 1.50 bits per heavy atom. The van der Waals surface area contributed by atoms with Crippen molar-refractivity contribution >= 4 is 11.7 Å². The highest BCUT2D eigenvalue weighted by Crippen LogP contribution is 2.18. The van der Waals surface area contributed by atoms with E-state index in [0.29, 0.717) is 30.5 Å². The summed E-state index contributed by atoms with van der Waals surface area (Å²) >= 11 is 0. The second kappa shape index (κ2) is 14.3. The minimum Gasteiger partial charge on any atom is -0.485 e. The van der Waals surface area contributed by atoms with Crippen LogP contribution in [-0.2, 0) is 22.8 Å². The predicted molar refractivity (Wildman–Crippen MR) is 144 cm³/mol. The number of nitrogens with zero attached hydrogens (tertiary/aromatic N) is 3. The summed E-state index contributed by atoms with van der Waals surface area (Å²) in [5.74, 6) is 0.886. The number of aliphatic carboxylic acids is 1. The fraction of sp³-hybridized carbons (Fsp3) is 0.267. The van der Waals surface area contributed by atoms with Crippen LogP contribution in [0, 0.1) is 0 Å². The van der Waals surface area contributed by atoms with E-state index in [1.165, 1.54) is 0 Å². The molecule has 0 aliphatic carbocycles. The van der Waals surface area contributed by atoms with E-state index in [2.05, 4.69) is 15.3 Å². The normalized spacial score (nSPS) is 11.3. The lowest BCUT2D eigenvalue weighted by Crippen LogP contribution is -2.03. The molecule has 3 aromatic carbocycles. The first-order valence-corrected chi connectivity index (χ1v) is 12.7. The lowest BCUT2D eigenvalue weighted by molar-refractivity contribution is -0.137. The predicted octanol–water partition coefficient (Wildman–Crippen LogP) is 6.66. The Hall–Kier alpha value is -4.46. The van der Waals surface area contributed by atoms with Gasteiger partial charge < -0.3 is 19.2 Å². The molecule has 0 aliphatic heterocycles. The van der Waals surface area contributed by atoms with Gasteiger partial charge >= 0.3 is 5.97 Å². The number of ether oxygens (including phenoxy) is 1. The van der Waals surface area contributed by atoms with Crippen LogP contribution in [-0.4, -0.2) is 26.9 Å². The first kappa shape index (κ1) is 26.6. The van der Waals surface area contributed by atoms with E-state index in [1.54, 1.807) is 0 Å². The average Bonchev–Trinajstić information content (AvgIpc) is 3.43. The molecule has 0 bridgehead atoms. The van der Waals surface area contributed by atoms with Crippen molar-refractivity contribution in [2.75, 3.05) is 0 Å². The zero-order chi connectivity index (χ0) is 26.4. The second-order valence-corrected chi connectivity index (χ2v) is 8.80. The molecule has 1 heterocycles.